The third-order valence-electron chi connectivity index (χ3n) is 5.04. The molecule has 1 aromatic heterocycles. The van der Waals surface area contributed by atoms with Crippen molar-refractivity contribution in [2.75, 3.05) is 0 Å². The molecule has 1 saturated carbocycles. The smallest absolute Gasteiger partial charge is 0.0483 e. The maximum Gasteiger partial charge on any atom is 0.0483 e. The molecule has 1 heterocycles. The van der Waals surface area contributed by atoms with Gasteiger partial charge in [0.2, 0.25) is 0 Å². The summed E-state index contributed by atoms with van der Waals surface area (Å²) in [4.78, 5) is 0. The summed E-state index contributed by atoms with van der Waals surface area (Å²) in [5.41, 5.74) is 8.87. The van der Waals surface area contributed by atoms with E-state index in [2.05, 4.69) is 42.0 Å². The largest absolute Gasteiger partial charge is 0.347 e. The van der Waals surface area contributed by atoms with E-state index in [0.29, 0.717) is 0 Å². The average Bonchev–Trinajstić information content (AvgIpc) is 2.91. The second-order valence-electron chi connectivity index (χ2n) is 6.74. The van der Waals surface area contributed by atoms with E-state index in [0.717, 1.165) is 18.8 Å². The van der Waals surface area contributed by atoms with Crippen LogP contribution in [0.5, 0.6) is 0 Å². The summed E-state index contributed by atoms with van der Waals surface area (Å²) in [6.07, 6.45) is 11.4. The molecule has 3 rings (SSSR count). The SMILES string of the molecule is CCC(N)Cc1ccc2ccn(CC3CCCCC3)c2c1. The Hall–Kier alpha value is -1.28. The van der Waals surface area contributed by atoms with E-state index < -0.39 is 0 Å². The van der Waals surface area contributed by atoms with Gasteiger partial charge in [0.15, 0.2) is 0 Å². The highest BCUT2D eigenvalue weighted by molar-refractivity contribution is 5.80. The number of nitrogens with zero attached hydrogens (tertiary/aromatic N) is 1. The van der Waals surface area contributed by atoms with Crippen LogP contribution in [0.25, 0.3) is 10.9 Å². The molecule has 0 amide bonds. The molecule has 0 spiro atoms. The van der Waals surface area contributed by atoms with Gasteiger partial charge >= 0.3 is 0 Å². The molecular formula is C19H28N2. The van der Waals surface area contributed by atoms with Crippen LogP contribution in [0.1, 0.15) is 51.0 Å². The minimum Gasteiger partial charge on any atom is -0.347 e. The number of nitrogens with two attached hydrogens (primary N) is 1. The van der Waals surface area contributed by atoms with Crippen molar-refractivity contribution in [3.63, 3.8) is 0 Å². The van der Waals surface area contributed by atoms with Crippen molar-refractivity contribution < 1.29 is 0 Å². The predicted octanol–water partition coefficient (Wildman–Crippen LogP) is 4.50. The number of hydrogen-bond donors (Lipinski definition) is 1. The molecule has 2 heteroatoms. The van der Waals surface area contributed by atoms with Crippen molar-refractivity contribution in [2.45, 2.75) is 64.5 Å². The van der Waals surface area contributed by atoms with Gasteiger partial charge in [0.1, 0.15) is 0 Å². The molecule has 2 N–H and O–H groups in total. The molecule has 1 aliphatic carbocycles. The zero-order valence-corrected chi connectivity index (χ0v) is 13.2. The van der Waals surface area contributed by atoms with Gasteiger partial charge in [0.05, 0.1) is 0 Å². The maximum absolute atomic E-state index is 6.11. The molecule has 2 nitrogen and oxygen atoms in total. The Morgan fingerprint density at radius 3 is 2.76 bits per heavy atom. The number of hydrogen-bond acceptors (Lipinski definition) is 1. The molecule has 114 valence electrons. The van der Waals surface area contributed by atoms with Gasteiger partial charge in [-0.05, 0) is 54.7 Å². The minimum atomic E-state index is 0.282. The van der Waals surface area contributed by atoms with Crippen molar-refractivity contribution in [1.82, 2.24) is 4.57 Å². The molecule has 1 aromatic carbocycles. The first-order chi connectivity index (χ1) is 10.3. The Kier molecular flexibility index (Phi) is 4.64. The number of fused-ring (bicyclic) bond motifs is 1. The fourth-order valence-corrected chi connectivity index (χ4v) is 3.61. The van der Waals surface area contributed by atoms with Crippen LogP contribution in [-0.2, 0) is 13.0 Å². The monoisotopic (exact) mass is 284 g/mol. The zero-order valence-electron chi connectivity index (χ0n) is 13.2. The molecular weight excluding hydrogens is 256 g/mol. The normalized spacial score (nSPS) is 18.2. The van der Waals surface area contributed by atoms with Crippen LogP contribution < -0.4 is 5.73 Å². The van der Waals surface area contributed by atoms with E-state index in [4.69, 9.17) is 5.73 Å². The second-order valence-corrected chi connectivity index (χ2v) is 6.74. The summed E-state index contributed by atoms with van der Waals surface area (Å²) in [5.74, 6) is 0.871. The van der Waals surface area contributed by atoms with E-state index in [1.807, 2.05) is 0 Å². The van der Waals surface area contributed by atoms with Crippen molar-refractivity contribution in [2.24, 2.45) is 11.7 Å². The highest BCUT2D eigenvalue weighted by atomic mass is 15.0. The Labute approximate surface area is 128 Å². The molecule has 1 unspecified atom stereocenters. The molecule has 1 atom stereocenters. The highest BCUT2D eigenvalue weighted by Gasteiger charge is 2.15. The van der Waals surface area contributed by atoms with E-state index >= 15 is 0 Å². The zero-order chi connectivity index (χ0) is 14.7. The fraction of sp³-hybridized carbons (Fsp3) is 0.579. The lowest BCUT2D eigenvalue weighted by Crippen LogP contribution is -2.21. The number of aromatic nitrogens is 1. The molecule has 1 aliphatic rings. The van der Waals surface area contributed by atoms with Crippen LogP contribution in [0.15, 0.2) is 30.5 Å². The molecule has 21 heavy (non-hydrogen) atoms. The lowest BCUT2D eigenvalue weighted by molar-refractivity contribution is 0.322. The minimum absolute atomic E-state index is 0.282. The van der Waals surface area contributed by atoms with Gasteiger partial charge in [-0.25, -0.2) is 0 Å². The fourth-order valence-electron chi connectivity index (χ4n) is 3.61. The molecule has 0 bridgehead atoms. The third kappa shape index (κ3) is 3.49. The van der Waals surface area contributed by atoms with Gasteiger partial charge < -0.3 is 10.3 Å². The molecule has 1 fully saturated rings. The van der Waals surface area contributed by atoms with Crippen LogP contribution >= 0.6 is 0 Å². The topological polar surface area (TPSA) is 30.9 Å². The van der Waals surface area contributed by atoms with Crippen LogP contribution in [0.2, 0.25) is 0 Å². The maximum atomic E-state index is 6.11. The molecule has 2 aromatic rings. The summed E-state index contributed by atoms with van der Waals surface area (Å²) in [6, 6.07) is 9.38. The first-order valence-corrected chi connectivity index (χ1v) is 8.59. The third-order valence-corrected chi connectivity index (χ3v) is 5.04. The van der Waals surface area contributed by atoms with Gasteiger partial charge in [-0.3, -0.25) is 0 Å². The lowest BCUT2D eigenvalue weighted by Gasteiger charge is -2.22. The first-order valence-electron chi connectivity index (χ1n) is 8.59. The van der Waals surface area contributed by atoms with E-state index in [9.17, 15) is 0 Å². The van der Waals surface area contributed by atoms with Crippen LogP contribution in [0.3, 0.4) is 0 Å². The van der Waals surface area contributed by atoms with E-state index in [-0.39, 0.29) is 6.04 Å². The van der Waals surface area contributed by atoms with Crippen molar-refractivity contribution in [3.05, 3.63) is 36.0 Å². The van der Waals surface area contributed by atoms with Crippen LogP contribution in [-0.4, -0.2) is 10.6 Å². The Bertz CT molecular complexity index is 578. The van der Waals surface area contributed by atoms with Crippen molar-refractivity contribution in [1.29, 1.82) is 0 Å². The van der Waals surface area contributed by atoms with Crippen LogP contribution in [0, 0.1) is 5.92 Å². The van der Waals surface area contributed by atoms with Crippen molar-refractivity contribution >= 4 is 10.9 Å². The summed E-state index contributed by atoms with van der Waals surface area (Å²) in [7, 11) is 0. The summed E-state index contributed by atoms with van der Waals surface area (Å²) >= 11 is 0. The Balaban J connectivity index is 1.79. The molecule has 0 radical (unpaired) electrons. The Morgan fingerprint density at radius 2 is 2.00 bits per heavy atom. The van der Waals surface area contributed by atoms with E-state index in [1.165, 1.54) is 55.1 Å². The van der Waals surface area contributed by atoms with Crippen molar-refractivity contribution in [3.8, 4) is 0 Å². The summed E-state index contributed by atoms with van der Waals surface area (Å²) in [5, 5.41) is 1.36. The summed E-state index contributed by atoms with van der Waals surface area (Å²) in [6.45, 7) is 3.35. The second kappa shape index (κ2) is 6.65. The highest BCUT2D eigenvalue weighted by Crippen LogP contribution is 2.27. The quantitative estimate of drug-likeness (QED) is 0.861. The van der Waals surface area contributed by atoms with Gasteiger partial charge in [0, 0.05) is 24.3 Å². The number of rotatable bonds is 5. The van der Waals surface area contributed by atoms with Gasteiger partial charge in [-0.2, -0.15) is 0 Å². The molecule has 0 saturated heterocycles. The number of benzene rings is 1. The molecule has 0 aliphatic heterocycles. The van der Waals surface area contributed by atoms with Gasteiger partial charge in [0.25, 0.3) is 0 Å². The lowest BCUT2D eigenvalue weighted by atomic mass is 9.89. The Morgan fingerprint density at radius 1 is 1.19 bits per heavy atom. The predicted molar refractivity (Wildman–Crippen MR) is 90.5 cm³/mol. The summed E-state index contributed by atoms with van der Waals surface area (Å²) < 4.78 is 2.46. The van der Waals surface area contributed by atoms with Gasteiger partial charge in [-0.1, -0.05) is 38.3 Å². The standard InChI is InChI=1S/C19H28N2/c1-2-18(20)12-16-8-9-17-10-11-21(19(17)13-16)14-15-6-4-3-5-7-15/h8-11,13,15,18H,2-7,12,14,20H2,1H3. The van der Waals surface area contributed by atoms with E-state index in [1.54, 1.807) is 0 Å². The average molecular weight is 284 g/mol. The van der Waals surface area contributed by atoms with Crippen LogP contribution in [0.4, 0.5) is 0 Å². The van der Waals surface area contributed by atoms with Gasteiger partial charge in [-0.15, -0.1) is 0 Å². The first kappa shape index (κ1) is 14.6.